The van der Waals surface area contributed by atoms with E-state index in [1.54, 1.807) is 62.4 Å². The van der Waals surface area contributed by atoms with Crippen molar-refractivity contribution in [2.45, 2.75) is 13.8 Å². The smallest absolute Gasteiger partial charge is 0.340 e. The Kier molecular flexibility index (Phi) is 5.30. The fourth-order valence-corrected chi connectivity index (χ4v) is 2.62. The number of aromatic nitrogens is 2. The van der Waals surface area contributed by atoms with Crippen LogP contribution in [0.4, 0.5) is 10.1 Å². The molecule has 27 heavy (non-hydrogen) atoms. The van der Waals surface area contributed by atoms with E-state index >= 15 is 0 Å². The molecule has 0 aliphatic heterocycles. The van der Waals surface area contributed by atoms with E-state index in [9.17, 15) is 14.0 Å². The molecule has 0 saturated heterocycles. The highest BCUT2D eigenvalue weighted by molar-refractivity contribution is 6.07. The van der Waals surface area contributed by atoms with Gasteiger partial charge in [0, 0.05) is 5.69 Å². The summed E-state index contributed by atoms with van der Waals surface area (Å²) in [6.45, 7) is 3.66. The van der Waals surface area contributed by atoms with Crippen LogP contribution in [0.25, 0.3) is 5.69 Å². The van der Waals surface area contributed by atoms with Gasteiger partial charge in [-0.2, -0.15) is 5.10 Å². The van der Waals surface area contributed by atoms with Crippen molar-refractivity contribution in [1.82, 2.24) is 9.78 Å². The molecule has 1 aromatic heterocycles. The second kappa shape index (κ2) is 7.82. The minimum atomic E-state index is -0.526. The molecular weight excluding hydrogens is 349 g/mol. The van der Waals surface area contributed by atoms with Gasteiger partial charge in [-0.25, -0.2) is 13.9 Å². The van der Waals surface area contributed by atoms with Crippen LogP contribution in [0.15, 0.2) is 54.6 Å². The van der Waals surface area contributed by atoms with Crippen molar-refractivity contribution in [3.8, 4) is 5.69 Å². The number of hydrogen-bond acceptors (Lipinski definition) is 4. The van der Waals surface area contributed by atoms with E-state index in [2.05, 4.69) is 10.4 Å². The molecule has 7 heteroatoms. The van der Waals surface area contributed by atoms with Crippen LogP contribution >= 0.6 is 0 Å². The second-order valence-electron chi connectivity index (χ2n) is 5.75. The van der Waals surface area contributed by atoms with E-state index in [0.717, 1.165) is 0 Å². The third kappa shape index (κ3) is 3.87. The van der Waals surface area contributed by atoms with E-state index in [4.69, 9.17) is 4.74 Å². The SMILES string of the molecule is CCOC(=O)c1ccccc1NC(=O)c1cc(C)n(-c2ccccc2F)n1. The Morgan fingerprint density at radius 3 is 2.59 bits per heavy atom. The number of anilines is 1. The van der Waals surface area contributed by atoms with Gasteiger partial charge in [-0.1, -0.05) is 24.3 Å². The molecule has 0 radical (unpaired) electrons. The van der Waals surface area contributed by atoms with Gasteiger partial charge < -0.3 is 10.1 Å². The molecule has 2 aromatic carbocycles. The summed E-state index contributed by atoms with van der Waals surface area (Å²) in [6.07, 6.45) is 0. The number of hydrogen-bond donors (Lipinski definition) is 1. The van der Waals surface area contributed by atoms with Crippen molar-refractivity contribution < 1.29 is 18.7 Å². The number of halogens is 1. The summed E-state index contributed by atoms with van der Waals surface area (Å²) in [5, 5.41) is 6.86. The normalized spacial score (nSPS) is 10.5. The summed E-state index contributed by atoms with van der Waals surface area (Å²) < 4.78 is 20.4. The van der Waals surface area contributed by atoms with Gasteiger partial charge in [0.15, 0.2) is 5.69 Å². The first-order chi connectivity index (χ1) is 13.0. The lowest BCUT2D eigenvalue weighted by atomic mass is 10.1. The molecular formula is C20H18FN3O3. The van der Waals surface area contributed by atoms with Crippen molar-refractivity contribution in [3.63, 3.8) is 0 Å². The zero-order valence-corrected chi connectivity index (χ0v) is 14.9. The molecule has 1 heterocycles. The maximum Gasteiger partial charge on any atom is 0.340 e. The summed E-state index contributed by atoms with van der Waals surface area (Å²) >= 11 is 0. The van der Waals surface area contributed by atoms with Crippen molar-refractivity contribution in [2.24, 2.45) is 0 Å². The quantitative estimate of drug-likeness (QED) is 0.697. The van der Waals surface area contributed by atoms with Crippen LogP contribution in [0.3, 0.4) is 0 Å². The fourth-order valence-electron chi connectivity index (χ4n) is 2.62. The third-order valence-electron chi connectivity index (χ3n) is 3.87. The Balaban J connectivity index is 1.88. The number of aryl methyl sites for hydroxylation is 1. The Labute approximate surface area is 155 Å². The molecule has 0 bridgehead atoms. The number of carbonyl (C=O) groups excluding carboxylic acids is 2. The summed E-state index contributed by atoms with van der Waals surface area (Å²) in [7, 11) is 0. The molecule has 1 N–H and O–H groups in total. The van der Waals surface area contributed by atoms with Gasteiger partial charge in [-0.05, 0) is 44.2 Å². The van der Waals surface area contributed by atoms with Crippen molar-refractivity contribution in [2.75, 3.05) is 11.9 Å². The summed E-state index contributed by atoms with van der Waals surface area (Å²) in [4.78, 5) is 24.6. The number of para-hydroxylation sites is 2. The van der Waals surface area contributed by atoms with Crippen molar-refractivity contribution in [1.29, 1.82) is 0 Å². The lowest BCUT2D eigenvalue weighted by Crippen LogP contribution is -2.16. The van der Waals surface area contributed by atoms with Crippen LogP contribution in [0, 0.1) is 12.7 Å². The topological polar surface area (TPSA) is 73.2 Å². The molecule has 0 unspecified atom stereocenters. The van der Waals surface area contributed by atoms with Crippen LogP contribution in [-0.2, 0) is 4.74 Å². The molecule has 138 valence electrons. The van der Waals surface area contributed by atoms with Crippen molar-refractivity contribution in [3.05, 3.63) is 77.4 Å². The summed E-state index contributed by atoms with van der Waals surface area (Å²) in [5.41, 5.74) is 1.52. The molecule has 0 aliphatic rings. The number of ether oxygens (including phenoxy) is 1. The minimum Gasteiger partial charge on any atom is -0.462 e. The number of nitrogens with zero attached hydrogens (tertiary/aromatic N) is 2. The highest BCUT2D eigenvalue weighted by atomic mass is 19.1. The van der Waals surface area contributed by atoms with Gasteiger partial charge in [0.25, 0.3) is 5.91 Å². The largest absolute Gasteiger partial charge is 0.462 e. The molecule has 3 aromatic rings. The first-order valence-corrected chi connectivity index (χ1v) is 8.40. The lowest BCUT2D eigenvalue weighted by Gasteiger charge is -2.09. The van der Waals surface area contributed by atoms with Gasteiger partial charge in [0.05, 0.1) is 17.9 Å². The maximum atomic E-state index is 14.0. The van der Waals surface area contributed by atoms with E-state index in [-0.39, 0.29) is 23.6 Å². The van der Waals surface area contributed by atoms with Crippen LogP contribution in [0.5, 0.6) is 0 Å². The lowest BCUT2D eigenvalue weighted by molar-refractivity contribution is 0.0527. The number of rotatable bonds is 5. The average Bonchev–Trinajstić information content (AvgIpc) is 3.04. The Morgan fingerprint density at radius 2 is 1.85 bits per heavy atom. The highest BCUT2D eigenvalue weighted by Gasteiger charge is 2.18. The van der Waals surface area contributed by atoms with E-state index < -0.39 is 17.7 Å². The second-order valence-corrected chi connectivity index (χ2v) is 5.75. The maximum absolute atomic E-state index is 14.0. The number of nitrogens with one attached hydrogen (secondary N) is 1. The molecule has 1 amide bonds. The average molecular weight is 367 g/mol. The molecule has 6 nitrogen and oxygen atoms in total. The Hall–Kier alpha value is -3.48. The fraction of sp³-hybridized carbons (Fsp3) is 0.150. The zero-order chi connectivity index (χ0) is 19.4. The zero-order valence-electron chi connectivity index (χ0n) is 14.9. The Bertz CT molecular complexity index is 998. The minimum absolute atomic E-state index is 0.106. The van der Waals surface area contributed by atoms with Gasteiger partial charge in [0.2, 0.25) is 0 Å². The van der Waals surface area contributed by atoms with Gasteiger partial charge in [-0.3, -0.25) is 4.79 Å². The van der Waals surface area contributed by atoms with Crippen LogP contribution < -0.4 is 5.32 Å². The van der Waals surface area contributed by atoms with E-state index in [1.807, 2.05) is 0 Å². The number of carbonyl (C=O) groups is 2. The number of esters is 1. The van der Waals surface area contributed by atoms with E-state index in [1.165, 1.54) is 10.7 Å². The molecule has 0 saturated carbocycles. The standard InChI is InChI=1S/C20H18FN3O3/c1-3-27-20(26)14-8-4-6-10-16(14)22-19(25)17-12-13(2)24(23-17)18-11-7-5-9-15(18)21/h4-12H,3H2,1-2H3,(H,22,25). The predicted molar refractivity (Wildman–Crippen MR) is 98.6 cm³/mol. The first-order valence-electron chi connectivity index (χ1n) is 8.40. The van der Waals surface area contributed by atoms with Gasteiger partial charge in [0.1, 0.15) is 11.5 Å². The molecule has 0 aliphatic carbocycles. The summed E-state index contributed by atoms with van der Waals surface area (Å²) in [5.74, 6) is -1.48. The van der Waals surface area contributed by atoms with Crippen LogP contribution in [0.1, 0.15) is 33.5 Å². The predicted octanol–water partition coefficient (Wildman–Crippen LogP) is 3.75. The number of amides is 1. The third-order valence-corrected chi connectivity index (χ3v) is 3.87. The van der Waals surface area contributed by atoms with Crippen LogP contribution in [-0.4, -0.2) is 28.3 Å². The van der Waals surface area contributed by atoms with Gasteiger partial charge >= 0.3 is 5.97 Å². The molecule has 3 rings (SSSR count). The monoisotopic (exact) mass is 367 g/mol. The molecule has 0 atom stereocenters. The Morgan fingerprint density at radius 1 is 1.15 bits per heavy atom. The number of benzene rings is 2. The van der Waals surface area contributed by atoms with E-state index in [0.29, 0.717) is 11.4 Å². The molecule has 0 fully saturated rings. The highest BCUT2D eigenvalue weighted by Crippen LogP contribution is 2.19. The van der Waals surface area contributed by atoms with Crippen LogP contribution in [0.2, 0.25) is 0 Å². The van der Waals surface area contributed by atoms with Crippen molar-refractivity contribution >= 4 is 17.6 Å². The molecule has 0 spiro atoms. The van der Waals surface area contributed by atoms with Gasteiger partial charge in [-0.15, -0.1) is 0 Å². The first kappa shape index (κ1) is 18.3. The summed E-state index contributed by atoms with van der Waals surface area (Å²) in [6, 6.07) is 14.3.